The molecule has 0 amide bonds. The number of halogens is 1. The summed E-state index contributed by atoms with van der Waals surface area (Å²) in [7, 11) is 5.60. The lowest BCUT2D eigenvalue weighted by Gasteiger charge is -2.22. The van der Waals surface area contributed by atoms with Crippen LogP contribution in [0.2, 0.25) is 5.02 Å². The molecule has 0 aliphatic heterocycles. The molecule has 1 atom stereocenters. The summed E-state index contributed by atoms with van der Waals surface area (Å²) in [6, 6.07) is 14.3. The normalized spacial score (nSPS) is 12.0. The quantitative estimate of drug-likeness (QED) is 0.886. The molecule has 0 bridgehead atoms. The van der Waals surface area contributed by atoms with Gasteiger partial charge < -0.3 is 15.0 Å². The summed E-state index contributed by atoms with van der Waals surface area (Å²) in [6.07, 6.45) is 0. The second-order valence-electron chi connectivity index (χ2n) is 4.98. The van der Waals surface area contributed by atoms with Gasteiger partial charge in [0.25, 0.3) is 0 Å². The van der Waals surface area contributed by atoms with Crippen molar-refractivity contribution in [3.05, 3.63) is 53.1 Å². The average Bonchev–Trinajstić information content (AvgIpc) is 2.53. The minimum absolute atomic E-state index is 0.277. The summed E-state index contributed by atoms with van der Waals surface area (Å²) in [5.41, 5.74) is 3.17. The highest BCUT2D eigenvalue weighted by molar-refractivity contribution is 6.33. The molecule has 3 nitrogen and oxygen atoms in total. The lowest BCUT2D eigenvalue weighted by Crippen LogP contribution is -2.14. The van der Waals surface area contributed by atoms with E-state index < -0.39 is 0 Å². The van der Waals surface area contributed by atoms with Crippen LogP contribution >= 0.6 is 11.6 Å². The van der Waals surface area contributed by atoms with Crippen molar-refractivity contribution in [2.24, 2.45) is 0 Å². The third-order valence-corrected chi connectivity index (χ3v) is 4.01. The average molecular weight is 305 g/mol. The van der Waals surface area contributed by atoms with E-state index in [9.17, 15) is 0 Å². The molecule has 0 spiro atoms. The predicted molar refractivity (Wildman–Crippen MR) is 90.0 cm³/mol. The van der Waals surface area contributed by atoms with Gasteiger partial charge in [-0.15, -0.1) is 0 Å². The summed E-state index contributed by atoms with van der Waals surface area (Å²) >= 11 is 6.45. The van der Waals surface area contributed by atoms with Crippen LogP contribution < -0.4 is 15.0 Å². The van der Waals surface area contributed by atoms with Crippen molar-refractivity contribution in [1.82, 2.24) is 5.32 Å². The van der Waals surface area contributed by atoms with Crippen LogP contribution in [0.1, 0.15) is 18.5 Å². The first-order chi connectivity index (χ1) is 10.1. The van der Waals surface area contributed by atoms with Crippen LogP contribution in [0.3, 0.4) is 0 Å². The lowest BCUT2D eigenvalue weighted by molar-refractivity contribution is 0.415. The van der Waals surface area contributed by atoms with Crippen molar-refractivity contribution in [2.45, 2.75) is 13.0 Å². The molecule has 0 saturated heterocycles. The van der Waals surface area contributed by atoms with Crippen LogP contribution in [-0.2, 0) is 0 Å². The van der Waals surface area contributed by atoms with Gasteiger partial charge in [0.1, 0.15) is 5.75 Å². The molecule has 2 rings (SSSR count). The second kappa shape index (κ2) is 6.83. The van der Waals surface area contributed by atoms with Gasteiger partial charge in [0, 0.05) is 24.8 Å². The van der Waals surface area contributed by atoms with Crippen LogP contribution in [0.5, 0.6) is 5.75 Å². The minimum atomic E-state index is 0.277. The molecule has 4 heteroatoms. The Labute approximate surface area is 131 Å². The Hall–Kier alpha value is -1.71. The lowest BCUT2D eigenvalue weighted by atomic mass is 10.1. The minimum Gasteiger partial charge on any atom is -0.497 e. The Morgan fingerprint density at radius 2 is 1.95 bits per heavy atom. The fourth-order valence-corrected chi connectivity index (χ4v) is 2.51. The fraction of sp³-hybridized carbons (Fsp3) is 0.294. The zero-order valence-electron chi connectivity index (χ0n) is 12.9. The van der Waals surface area contributed by atoms with Gasteiger partial charge in [0.2, 0.25) is 0 Å². The first kappa shape index (κ1) is 15.7. The highest BCUT2D eigenvalue weighted by atomic mass is 35.5. The maximum atomic E-state index is 6.45. The predicted octanol–water partition coefficient (Wildman–Crippen LogP) is 4.40. The summed E-state index contributed by atoms with van der Waals surface area (Å²) in [5.74, 6) is 0.830. The number of ether oxygens (including phenoxy) is 1. The molecule has 0 aliphatic rings. The van der Waals surface area contributed by atoms with E-state index in [2.05, 4.69) is 23.2 Å². The van der Waals surface area contributed by atoms with E-state index in [1.807, 2.05) is 50.5 Å². The topological polar surface area (TPSA) is 24.5 Å². The maximum Gasteiger partial charge on any atom is 0.120 e. The van der Waals surface area contributed by atoms with Crippen LogP contribution in [-0.4, -0.2) is 21.2 Å². The van der Waals surface area contributed by atoms with Crippen LogP contribution in [0.25, 0.3) is 0 Å². The molecule has 0 fully saturated rings. The molecule has 0 radical (unpaired) electrons. The first-order valence-electron chi connectivity index (χ1n) is 6.91. The maximum absolute atomic E-state index is 6.45. The SMILES string of the molecule is CNC(C)c1ccc(N(C)c2cccc(OC)c2)c(Cl)c1. The van der Waals surface area contributed by atoms with Crippen LogP contribution in [0, 0.1) is 0 Å². The highest BCUT2D eigenvalue weighted by Gasteiger charge is 2.11. The molecule has 21 heavy (non-hydrogen) atoms. The molecule has 0 heterocycles. The number of benzene rings is 2. The van der Waals surface area contributed by atoms with E-state index in [-0.39, 0.29) is 6.04 Å². The van der Waals surface area contributed by atoms with Gasteiger partial charge in [0.05, 0.1) is 17.8 Å². The van der Waals surface area contributed by atoms with Crippen molar-refractivity contribution in [1.29, 1.82) is 0 Å². The van der Waals surface area contributed by atoms with Crippen molar-refractivity contribution in [3.8, 4) is 5.75 Å². The molecule has 2 aromatic rings. The molecule has 112 valence electrons. The van der Waals surface area contributed by atoms with Gasteiger partial charge >= 0.3 is 0 Å². The molecule has 0 aromatic heterocycles. The first-order valence-corrected chi connectivity index (χ1v) is 7.29. The van der Waals surface area contributed by atoms with E-state index in [4.69, 9.17) is 16.3 Å². The zero-order valence-corrected chi connectivity index (χ0v) is 13.6. The largest absolute Gasteiger partial charge is 0.497 e. The third-order valence-electron chi connectivity index (χ3n) is 3.71. The molecular formula is C17H21ClN2O. The Morgan fingerprint density at radius 3 is 2.57 bits per heavy atom. The smallest absolute Gasteiger partial charge is 0.120 e. The molecular weight excluding hydrogens is 284 g/mol. The van der Waals surface area contributed by atoms with Gasteiger partial charge in [-0.25, -0.2) is 0 Å². The summed E-state index contributed by atoms with van der Waals surface area (Å²) in [6.45, 7) is 2.11. The monoisotopic (exact) mass is 304 g/mol. The molecule has 1 unspecified atom stereocenters. The number of rotatable bonds is 5. The van der Waals surface area contributed by atoms with Gasteiger partial charge in [-0.2, -0.15) is 0 Å². The van der Waals surface area contributed by atoms with Crippen molar-refractivity contribution < 1.29 is 4.74 Å². The van der Waals surface area contributed by atoms with Gasteiger partial charge in [-0.1, -0.05) is 23.7 Å². The van der Waals surface area contributed by atoms with Crippen LogP contribution in [0.15, 0.2) is 42.5 Å². The number of hydrogen-bond acceptors (Lipinski definition) is 3. The van der Waals surface area contributed by atoms with Crippen molar-refractivity contribution in [2.75, 3.05) is 26.1 Å². The number of anilines is 2. The zero-order chi connectivity index (χ0) is 15.4. The van der Waals surface area contributed by atoms with Gasteiger partial charge in [-0.05, 0) is 43.8 Å². The van der Waals surface area contributed by atoms with E-state index >= 15 is 0 Å². The van der Waals surface area contributed by atoms with E-state index in [0.717, 1.165) is 22.1 Å². The second-order valence-corrected chi connectivity index (χ2v) is 5.39. The van der Waals surface area contributed by atoms with Gasteiger partial charge in [-0.3, -0.25) is 0 Å². The number of methoxy groups -OCH3 is 1. The van der Waals surface area contributed by atoms with E-state index in [1.165, 1.54) is 5.56 Å². The molecule has 2 aromatic carbocycles. The Morgan fingerprint density at radius 1 is 1.19 bits per heavy atom. The van der Waals surface area contributed by atoms with Crippen molar-refractivity contribution >= 4 is 23.0 Å². The Balaban J connectivity index is 2.32. The Kier molecular flexibility index (Phi) is 5.10. The van der Waals surface area contributed by atoms with Crippen LogP contribution in [0.4, 0.5) is 11.4 Å². The van der Waals surface area contributed by atoms with Gasteiger partial charge in [0.15, 0.2) is 0 Å². The van der Waals surface area contributed by atoms with E-state index in [0.29, 0.717) is 0 Å². The highest BCUT2D eigenvalue weighted by Crippen LogP contribution is 2.33. The summed E-state index contributed by atoms with van der Waals surface area (Å²) < 4.78 is 5.27. The van der Waals surface area contributed by atoms with E-state index in [1.54, 1.807) is 7.11 Å². The number of hydrogen-bond donors (Lipinski definition) is 1. The summed E-state index contributed by atoms with van der Waals surface area (Å²) in [5, 5.41) is 3.95. The molecule has 1 N–H and O–H groups in total. The Bertz CT molecular complexity index is 615. The standard InChI is InChI=1S/C17H21ClN2O/c1-12(19-2)13-8-9-17(16(18)10-13)20(3)14-6-5-7-15(11-14)21-4/h5-12,19H,1-4H3. The number of nitrogens with one attached hydrogen (secondary N) is 1. The van der Waals surface area contributed by atoms with Crippen molar-refractivity contribution in [3.63, 3.8) is 0 Å². The third kappa shape index (κ3) is 3.49. The molecule has 0 saturated carbocycles. The fourth-order valence-electron chi connectivity index (χ4n) is 2.19. The summed E-state index contributed by atoms with van der Waals surface area (Å²) in [4.78, 5) is 2.05. The number of nitrogens with zero attached hydrogens (tertiary/aromatic N) is 1. The molecule has 0 aliphatic carbocycles.